The van der Waals surface area contributed by atoms with Crippen molar-refractivity contribution in [1.82, 2.24) is 10.3 Å². The van der Waals surface area contributed by atoms with Crippen molar-refractivity contribution < 1.29 is 4.79 Å². The van der Waals surface area contributed by atoms with Crippen LogP contribution in [0, 0.1) is 5.92 Å². The Morgan fingerprint density at radius 2 is 2.38 bits per heavy atom. The van der Waals surface area contributed by atoms with Crippen molar-refractivity contribution in [3.63, 3.8) is 0 Å². The normalized spacial score (nSPS) is 10.5. The smallest absolute Gasteiger partial charge is 0.267 e. The fraction of sp³-hybridized carbons (Fsp3) is 0.444. The molecule has 1 aromatic heterocycles. The van der Waals surface area contributed by atoms with Crippen molar-refractivity contribution in [2.75, 3.05) is 6.54 Å². The van der Waals surface area contributed by atoms with Gasteiger partial charge in [0.2, 0.25) is 0 Å². The van der Waals surface area contributed by atoms with Crippen molar-refractivity contribution in [3.05, 3.63) is 22.4 Å². The molecule has 1 amide bonds. The van der Waals surface area contributed by atoms with E-state index in [0.29, 0.717) is 18.2 Å². The highest BCUT2D eigenvalue weighted by atomic mass is 79.9. The maximum absolute atomic E-state index is 11.4. The third kappa shape index (κ3) is 3.22. The fourth-order valence-corrected chi connectivity index (χ4v) is 1.23. The van der Waals surface area contributed by atoms with Crippen LogP contribution in [0.1, 0.15) is 24.3 Å². The van der Waals surface area contributed by atoms with Crippen LogP contribution in [0.3, 0.4) is 0 Å². The molecular weight excluding hydrogens is 232 g/mol. The molecule has 0 saturated heterocycles. The van der Waals surface area contributed by atoms with Crippen LogP contribution in [0.5, 0.6) is 0 Å². The van der Waals surface area contributed by atoms with E-state index in [0.717, 1.165) is 4.47 Å². The highest BCUT2D eigenvalue weighted by Gasteiger charge is 2.07. The minimum atomic E-state index is -0.0561. The number of carbonyl (C=O) groups excluding carboxylic acids is 1. The Morgan fingerprint density at radius 3 is 2.85 bits per heavy atom. The van der Waals surface area contributed by atoms with E-state index in [9.17, 15) is 4.79 Å². The number of aromatic amines is 1. The molecule has 0 spiro atoms. The van der Waals surface area contributed by atoms with Crippen molar-refractivity contribution in [2.24, 2.45) is 5.92 Å². The van der Waals surface area contributed by atoms with Gasteiger partial charge in [-0.25, -0.2) is 0 Å². The number of nitrogens with one attached hydrogen (secondary N) is 2. The zero-order chi connectivity index (χ0) is 9.84. The minimum absolute atomic E-state index is 0.0561. The quantitative estimate of drug-likeness (QED) is 0.842. The van der Waals surface area contributed by atoms with E-state index in [1.807, 2.05) is 0 Å². The lowest BCUT2D eigenvalue weighted by molar-refractivity contribution is 0.0944. The molecule has 0 aliphatic carbocycles. The zero-order valence-electron chi connectivity index (χ0n) is 7.73. The lowest BCUT2D eigenvalue weighted by Gasteiger charge is -2.05. The van der Waals surface area contributed by atoms with Gasteiger partial charge in [-0.05, 0) is 27.9 Å². The van der Waals surface area contributed by atoms with Crippen molar-refractivity contribution in [3.8, 4) is 0 Å². The van der Waals surface area contributed by atoms with Crippen LogP contribution >= 0.6 is 15.9 Å². The second kappa shape index (κ2) is 4.46. The Bertz CT molecular complexity index is 294. The van der Waals surface area contributed by atoms with Gasteiger partial charge in [-0.2, -0.15) is 0 Å². The van der Waals surface area contributed by atoms with Crippen molar-refractivity contribution in [1.29, 1.82) is 0 Å². The number of halogens is 1. The number of amides is 1. The number of hydrogen-bond acceptors (Lipinski definition) is 1. The summed E-state index contributed by atoms with van der Waals surface area (Å²) in [7, 11) is 0. The van der Waals surface area contributed by atoms with Gasteiger partial charge in [0.15, 0.2) is 0 Å². The van der Waals surface area contributed by atoms with Gasteiger partial charge in [0, 0.05) is 17.2 Å². The van der Waals surface area contributed by atoms with Crippen LogP contribution in [0.25, 0.3) is 0 Å². The van der Waals surface area contributed by atoms with Gasteiger partial charge in [0.25, 0.3) is 5.91 Å². The zero-order valence-corrected chi connectivity index (χ0v) is 9.31. The molecule has 2 N–H and O–H groups in total. The maximum atomic E-state index is 11.4. The van der Waals surface area contributed by atoms with Gasteiger partial charge in [0.05, 0.1) is 0 Å². The highest BCUT2D eigenvalue weighted by Crippen LogP contribution is 2.10. The van der Waals surface area contributed by atoms with Gasteiger partial charge in [-0.15, -0.1) is 0 Å². The molecule has 1 rings (SSSR count). The summed E-state index contributed by atoms with van der Waals surface area (Å²) in [5, 5.41) is 2.82. The summed E-state index contributed by atoms with van der Waals surface area (Å²) < 4.78 is 0.891. The molecule has 0 aromatic carbocycles. The summed E-state index contributed by atoms with van der Waals surface area (Å²) in [6.45, 7) is 4.82. The summed E-state index contributed by atoms with van der Waals surface area (Å²) in [6.07, 6.45) is 1.74. The molecule has 72 valence electrons. The summed E-state index contributed by atoms with van der Waals surface area (Å²) in [5.74, 6) is 0.418. The van der Waals surface area contributed by atoms with Gasteiger partial charge < -0.3 is 10.3 Å². The second-order valence-corrected chi connectivity index (χ2v) is 4.25. The topological polar surface area (TPSA) is 44.9 Å². The Hall–Kier alpha value is -0.770. The van der Waals surface area contributed by atoms with Crippen LogP contribution < -0.4 is 5.32 Å². The standard InChI is InChI=1S/C9H13BrN2O/c1-6(2)4-12-9(13)8-3-7(10)5-11-8/h3,5-6,11H,4H2,1-2H3,(H,12,13). The first-order valence-corrected chi connectivity index (χ1v) is 5.01. The molecule has 0 aliphatic heterocycles. The largest absolute Gasteiger partial charge is 0.356 e. The molecule has 0 unspecified atom stereocenters. The summed E-state index contributed by atoms with van der Waals surface area (Å²) >= 11 is 3.27. The number of carbonyl (C=O) groups is 1. The number of aromatic nitrogens is 1. The van der Waals surface area contributed by atoms with Crippen LogP contribution in [-0.2, 0) is 0 Å². The van der Waals surface area contributed by atoms with E-state index in [1.165, 1.54) is 0 Å². The molecule has 0 aliphatic rings. The number of H-pyrrole nitrogens is 1. The van der Waals surface area contributed by atoms with E-state index < -0.39 is 0 Å². The first-order chi connectivity index (χ1) is 6.09. The van der Waals surface area contributed by atoms with E-state index >= 15 is 0 Å². The van der Waals surface area contributed by atoms with E-state index in [2.05, 4.69) is 40.1 Å². The van der Waals surface area contributed by atoms with Crippen molar-refractivity contribution in [2.45, 2.75) is 13.8 Å². The predicted octanol–water partition coefficient (Wildman–Crippen LogP) is 2.16. The molecule has 4 heteroatoms. The van der Waals surface area contributed by atoms with Crippen LogP contribution in [0.2, 0.25) is 0 Å². The molecule has 13 heavy (non-hydrogen) atoms. The molecule has 1 heterocycles. The van der Waals surface area contributed by atoms with Crippen LogP contribution in [-0.4, -0.2) is 17.4 Å². The molecular formula is C9H13BrN2O. The second-order valence-electron chi connectivity index (χ2n) is 3.34. The van der Waals surface area contributed by atoms with Gasteiger partial charge >= 0.3 is 0 Å². The first kappa shape index (κ1) is 10.3. The summed E-state index contributed by atoms with van der Waals surface area (Å²) in [4.78, 5) is 14.3. The molecule has 0 radical (unpaired) electrons. The first-order valence-electron chi connectivity index (χ1n) is 4.21. The molecule has 0 atom stereocenters. The molecule has 0 bridgehead atoms. The number of hydrogen-bond donors (Lipinski definition) is 2. The van der Waals surface area contributed by atoms with Gasteiger partial charge in [0.1, 0.15) is 5.69 Å². The Labute approximate surface area is 86.0 Å². The van der Waals surface area contributed by atoms with Gasteiger partial charge in [-0.1, -0.05) is 13.8 Å². The number of rotatable bonds is 3. The van der Waals surface area contributed by atoms with E-state index in [4.69, 9.17) is 0 Å². The Balaban J connectivity index is 2.49. The van der Waals surface area contributed by atoms with E-state index in [-0.39, 0.29) is 5.91 Å². The highest BCUT2D eigenvalue weighted by molar-refractivity contribution is 9.10. The van der Waals surface area contributed by atoms with E-state index in [1.54, 1.807) is 12.3 Å². The third-order valence-corrected chi connectivity index (χ3v) is 2.02. The summed E-state index contributed by atoms with van der Waals surface area (Å²) in [6, 6.07) is 1.76. The monoisotopic (exact) mass is 244 g/mol. The predicted molar refractivity (Wildman–Crippen MR) is 55.7 cm³/mol. The average molecular weight is 245 g/mol. The van der Waals surface area contributed by atoms with Crippen LogP contribution in [0.4, 0.5) is 0 Å². The SMILES string of the molecule is CC(C)CNC(=O)c1cc(Br)c[nH]1. The lowest BCUT2D eigenvalue weighted by Crippen LogP contribution is -2.27. The lowest BCUT2D eigenvalue weighted by atomic mass is 10.2. The molecule has 3 nitrogen and oxygen atoms in total. The summed E-state index contributed by atoms with van der Waals surface area (Å²) in [5.41, 5.74) is 0.590. The molecule has 0 saturated carbocycles. The van der Waals surface area contributed by atoms with Crippen LogP contribution in [0.15, 0.2) is 16.7 Å². The molecule has 0 fully saturated rings. The third-order valence-electron chi connectivity index (χ3n) is 1.56. The maximum Gasteiger partial charge on any atom is 0.267 e. The minimum Gasteiger partial charge on any atom is -0.356 e. The average Bonchev–Trinajstić information content (AvgIpc) is 2.47. The molecule has 1 aromatic rings. The Kier molecular flexibility index (Phi) is 3.54. The van der Waals surface area contributed by atoms with Crippen molar-refractivity contribution >= 4 is 21.8 Å². The fourth-order valence-electron chi connectivity index (χ4n) is 0.891. The Morgan fingerprint density at radius 1 is 1.69 bits per heavy atom. The van der Waals surface area contributed by atoms with Gasteiger partial charge in [-0.3, -0.25) is 4.79 Å².